The first-order chi connectivity index (χ1) is 18.5. The number of anilines is 1. The topological polar surface area (TPSA) is 99.9 Å². The van der Waals surface area contributed by atoms with E-state index in [2.05, 4.69) is 5.32 Å². The predicted octanol–water partition coefficient (Wildman–Crippen LogP) is 4.31. The molecule has 1 N–H and O–H groups in total. The summed E-state index contributed by atoms with van der Waals surface area (Å²) in [6, 6.07) is 13.0. The van der Waals surface area contributed by atoms with Crippen LogP contribution in [0.25, 0.3) is 11.0 Å². The summed E-state index contributed by atoms with van der Waals surface area (Å²) in [6.45, 7) is 4.35. The van der Waals surface area contributed by atoms with Gasteiger partial charge in [0.15, 0.2) is 0 Å². The minimum absolute atomic E-state index is 0.0334. The van der Waals surface area contributed by atoms with E-state index in [9.17, 15) is 32.3 Å². The van der Waals surface area contributed by atoms with Gasteiger partial charge in [0.2, 0.25) is 11.8 Å². The molecule has 2 heterocycles. The number of imide groups is 1. The SMILES string of the molecule is CCN(CC)c1ccc2c(C(F)(F)F)c(C(=O)NCCN3C(=O)CC(Sc4ccccc4)C3=O)c(=O)oc2c1. The molecular formula is C27H26F3N3O5S. The van der Waals surface area contributed by atoms with Crippen molar-refractivity contribution in [1.82, 2.24) is 10.2 Å². The number of nitrogens with zero attached hydrogens (tertiary/aromatic N) is 2. The maximum absolute atomic E-state index is 14.1. The molecule has 12 heteroatoms. The Morgan fingerprint density at radius 2 is 1.79 bits per heavy atom. The van der Waals surface area contributed by atoms with Gasteiger partial charge in [-0.1, -0.05) is 18.2 Å². The predicted molar refractivity (Wildman–Crippen MR) is 141 cm³/mol. The molecule has 1 aliphatic rings. The van der Waals surface area contributed by atoms with Crippen molar-refractivity contribution in [2.45, 2.75) is 36.6 Å². The summed E-state index contributed by atoms with van der Waals surface area (Å²) in [7, 11) is 0. The van der Waals surface area contributed by atoms with Gasteiger partial charge in [-0.3, -0.25) is 19.3 Å². The van der Waals surface area contributed by atoms with Gasteiger partial charge in [0.1, 0.15) is 11.1 Å². The lowest BCUT2D eigenvalue weighted by Crippen LogP contribution is -2.40. The van der Waals surface area contributed by atoms with E-state index in [1.165, 1.54) is 30.0 Å². The number of nitrogens with one attached hydrogen (secondary N) is 1. The molecular weight excluding hydrogens is 535 g/mol. The lowest BCUT2D eigenvalue weighted by Gasteiger charge is -2.22. The van der Waals surface area contributed by atoms with Crippen molar-refractivity contribution in [3.05, 3.63) is 70.1 Å². The minimum atomic E-state index is -5.03. The van der Waals surface area contributed by atoms with Gasteiger partial charge in [-0.15, -0.1) is 11.8 Å². The van der Waals surface area contributed by atoms with Crippen LogP contribution in [0, 0.1) is 0 Å². The number of thioether (sulfide) groups is 1. The summed E-state index contributed by atoms with van der Waals surface area (Å²) < 4.78 is 47.5. The zero-order valence-electron chi connectivity index (χ0n) is 21.2. The Hall–Kier alpha value is -3.80. The van der Waals surface area contributed by atoms with E-state index >= 15 is 0 Å². The molecule has 0 saturated carbocycles. The summed E-state index contributed by atoms with van der Waals surface area (Å²) in [5, 5.41) is 1.18. The molecule has 39 heavy (non-hydrogen) atoms. The third-order valence-electron chi connectivity index (χ3n) is 6.38. The van der Waals surface area contributed by atoms with Gasteiger partial charge in [0.05, 0.1) is 10.8 Å². The molecule has 1 unspecified atom stereocenters. The number of amides is 3. The minimum Gasteiger partial charge on any atom is -0.422 e. The summed E-state index contributed by atoms with van der Waals surface area (Å²) in [5.41, 5.74) is -3.73. The number of hydrogen-bond acceptors (Lipinski definition) is 7. The highest BCUT2D eigenvalue weighted by atomic mass is 32.2. The molecule has 0 bridgehead atoms. The fraction of sp³-hybridized carbons (Fsp3) is 0.333. The third kappa shape index (κ3) is 5.95. The molecule has 1 aromatic heterocycles. The Morgan fingerprint density at radius 3 is 2.44 bits per heavy atom. The number of carbonyl (C=O) groups excluding carboxylic acids is 3. The van der Waals surface area contributed by atoms with E-state index < -0.39 is 51.3 Å². The van der Waals surface area contributed by atoms with E-state index in [0.29, 0.717) is 18.8 Å². The summed E-state index contributed by atoms with van der Waals surface area (Å²) in [6.07, 6.45) is -5.06. The van der Waals surface area contributed by atoms with Gasteiger partial charge in [-0.05, 0) is 38.1 Å². The van der Waals surface area contributed by atoms with Crippen LogP contribution in [0.3, 0.4) is 0 Å². The van der Waals surface area contributed by atoms with Crippen molar-refractivity contribution in [2.75, 3.05) is 31.1 Å². The lowest BCUT2D eigenvalue weighted by molar-refractivity contribution is -0.138. The monoisotopic (exact) mass is 561 g/mol. The molecule has 1 atom stereocenters. The molecule has 0 radical (unpaired) electrons. The molecule has 3 amide bonds. The molecule has 0 aliphatic carbocycles. The maximum atomic E-state index is 14.1. The molecule has 1 saturated heterocycles. The number of hydrogen-bond donors (Lipinski definition) is 1. The fourth-order valence-electron chi connectivity index (χ4n) is 4.49. The smallest absolute Gasteiger partial charge is 0.418 e. The maximum Gasteiger partial charge on any atom is 0.418 e. The second-order valence-electron chi connectivity index (χ2n) is 8.75. The van der Waals surface area contributed by atoms with Crippen LogP contribution in [0.1, 0.15) is 36.2 Å². The lowest BCUT2D eigenvalue weighted by atomic mass is 10.0. The first-order valence-corrected chi connectivity index (χ1v) is 13.2. The van der Waals surface area contributed by atoms with Crippen LogP contribution >= 0.6 is 11.8 Å². The fourth-order valence-corrected chi connectivity index (χ4v) is 5.59. The molecule has 1 fully saturated rings. The quantitative estimate of drug-likeness (QED) is 0.307. The highest BCUT2D eigenvalue weighted by Crippen LogP contribution is 2.37. The Bertz CT molecular complexity index is 1450. The largest absolute Gasteiger partial charge is 0.422 e. The number of likely N-dealkylation sites (tertiary alicyclic amines) is 1. The standard InChI is InChI=1S/C27H26F3N3O5S/c1-3-32(4-2)16-10-11-18-19(14-16)38-26(37)22(23(18)27(28,29)30)24(35)31-12-13-33-21(34)15-20(25(33)36)39-17-8-6-5-7-9-17/h5-11,14,20H,3-4,12-13,15H2,1-2H3,(H,31,35). The first kappa shape index (κ1) is 28.2. The highest BCUT2D eigenvalue weighted by molar-refractivity contribution is 8.00. The van der Waals surface area contributed by atoms with Crippen LogP contribution in [-0.4, -0.2) is 54.1 Å². The average Bonchev–Trinajstić information content (AvgIpc) is 3.15. The first-order valence-electron chi connectivity index (χ1n) is 12.3. The van der Waals surface area contributed by atoms with Crippen LogP contribution < -0.4 is 15.8 Å². The second kappa shape index (κ2) is 11.5. The molecule has 3 aromatic rings. The molecule has 0 spiro atoms. The molecule has 2 aromatic carbocycles. The highest BCUT2D eigenvalue weighted by Gasteiger charge is 2.41. The van der Waals surface area contributed by atoms with Gasteiger partial charge in [0.25, 0.3) is 5.91 Å². The third-order valence-corrected chi connectivity index (χ3v) is 7.57. The van der Waals surface area contributed by atoms with Crippen molar-refractivity contribution in [3.63, 3.8) is 0 Å². The van der Waals surface area contributed by atoms with Gasteiger partial charge in [0, 0.05) is 54.6 Å². The molecule has 206 valence electrons. The Kier molecular flexibility index (Phi) is 8.34. The Balaban J connectivity index is 1.52. The zero-order chi connectivity index (χ0) is 28.3. The van der Waals surface area contributed by atoms with E-state index in [1.54, 1.807) is 12.1 Å². The van der Waals surface area contributed by atoms with E-state index in [0.717, 1.165) is 9.80 Å². The zero-order valence-corrected chi connectivity index (χ0v) is 22.0. The van der Waals surface area contributed by atoms with Crippen LogP contribution in [0.15, 0.2) is 62.6 Å². The van der Waals surface area contributed by atoms with Gasteiger partial charge in [-0.25, -0.2) is 4.79 Å². The van der Waals surface area contributed by atoms with Crippen LogP contribution in [0.5, 0.6) is 0 Å². The van der Waals surface area contributed by atoms with E-state index in [4.69, 9.17) is 4.42 Å². The normalized spacial score (nSPS) is 15.7. The summed E-state index contributed by atoms with van der Waals surface area (Å²) in [4.78, 5) is 54.2. The summed E-state index contributed by atoms with van der Waals surface area (Å²) >= 11 is 1.24. The van der Waals surface area contributed by atoms with Crippen molar-refractivity contribution < 1.29 is 32.0 Å². The molecule has 8 nitrogen and oxygen atoms in total. The van der Waals surface area contributed by atoms with Crippen LogP contribution in [0.4, 0.5) is 18.9 Å². The Labute approximate surface area is 226 Å². The van der Waals surface area contributed by atoms with Crippen LogP contribution in [0.2, 0.25) is 0 Å². The van der Waals surface area contributed by atoms with E-state index in [1.807, 2.05) is 36.9 Å². The van der Waals surface area contributed by atoms with E-state index in [-0.39, 0.29) is 25.1 Å². The van der Waals surface area contributed by atoms with Gasteiger partial charge < -0.3 is 14.6 Å². The number of halogens is 3. The number of alkyl halides is 3. The molecule has 1 aliphatic heterocycles. The number of benzene rings is 2. The van der Waals surface area contributed by atoms with Gasteiger partial charge in [-0.2, -0.15) is 13.2 Å². The number of rotatable bonds is 9. The van der Waals surface area contributed by atoms with Gasteiger partial charge >= 0.3 is 11.8 Å². The molecule has 4 rings (SSSR count). The van der Waals surface area contributed by atoms with Crippen molar-refractivity contribution in [1.29, 1.82) is 0 Å². The van der Waals surface area contributed by atoms with Crippen molar-refractivity contribution in [2.24, 2.45) is 0 Å². The Morgan fingerprint density at radius 1 is 1.10 bits per heavy atom. The summed E-state index contributed by atoms with van der Waals surface area (Å²) in [5.74, 6) is -2.21. The number of carbonyl (C=O) groups is 3. The van der Waals surface area contributed by atoms with Crippen molar-refractivity contribution >= 4 is 46.1 Å². The number of fused-ring (bicyclic) bond motifs is 1. The van der Waals surface area contributed by atoms with Crippen molar-refractivity contribution in [3.8, 4) is 0 Å². The average molecular weight is 562 g/mol. The second-order valence-corrected chi connectivity index (χ2v) is 10.0. The van der Waals surface area contributed by atoms with Crippen LogP contribution in [-0.2, 0) is 15.8 Å².